The zero-order valence-electron chi connectivity index (χ0n) is 13.7. The van der Waals surface area contributed by atoms with Gasteiger partial charge in [0.2, 0.25) is 5.91 Å². The Hall–Kier alpha value is -1.10. The highest BCUT2D eigenvalue weighted by molar-refractivity contribution is 5.85. The van der Waals surface area contributed by atoms with Gasteiger partial charge in [-0.2, -0.15) is 0 Å². The van der Waals surface area contributed by atoms with Crippen LogP contribution in [0.3, 0.4) is 0 Å². The molecule has 5 nitrogen and oxygen atoms in total. The standard InChI is InChI=1S/C16H29NO4/c1-11(2)15(18)17-14(16(19)20-4)12(3)21-10-13-8-6-5-7-9-13/h11-14H,5-10H2,1-4H3,(H,17,18). The van der Waals surface area contributed by atoms with Gasteiger partial charge in [0, 0.05) is 12.5 Å². The number of methoxy groups -OCH3 is 1. The second-order valence-corrected chi connectivity index (χ2v) is 6.21. The molecular formula is C16H29NO4. The maximum Gasteiger partial charge on any atom is 0.331 e. The van der Waals surface area contributed by atoms with Crippen LogP contribution in [0.15, 0.2) is 0 Å². The van der Waals surface area contributed by atoms with Crippen molar-refractivity contribution in [3.8, 4) is 0 Å². The summed E-state index contributed by atoms with van der Waals surface area (Å²) in [6, 6.07) is -0.742. The molecule has 0 spiro atoms. The summed E-state index contributed by atoms with van der Waals surface area (Å²) in [7, 11) is 1.32. The Kier molecular flexibility index (Phi) is 7.72. The van der Waals surface area contributed by atoms with Crippen LogP contribution in [0.25, 0.3) is 0 Å². The normalized spacial score (nSPS) is 19.1. The number of esters is 1. The first-order chi connectivity index (χ1) is 9.95. The van der Waals surface area contributed by atoms with Crippen LogP contribution in [-0.4, -0.2) is 37.7 Å². The predicted molar refractivity (Wildman–Crippen MR) is 80.8 cm³/mol. The predicted octanol–water partition coefficient (Wildman–Crippen LogP) is 2.29. The maximum absolute atomic E-state index is 11.8. The fraction of sp³-hybridized carbons (Fsp3) is 0.875. The molecule has 2 atom stereocenters. The lowest BCUT2D eigenvalue weighted by Gasteiger charge is -2.27. The minimum Gasteiger partial charge on any atom is -0.467 e. The molecule has 21 heavy (non-hydrogen) atoms. The van der Waals surface area contributed by atoms with Crippen LogP contribution in [0.5, 0.6) is 0 Å². The second kappa shape index (κ2) is 9.03. The van der Waals surface area contributed by atoms with Crippen molar-refractivity contribution in [2.75, 3.05) is 13.7 Å². The summed E-state index contributed by atoms with van der Waals surface area (Å²) >= 11 is 0. The van der Waals surface area contributed by atoms with Gasteiger partial charge in [-0.25, -0.2) is 4.79 Å². The van der Waals surface area contributed by atoms with Gasteiger partial charge in [0.1, 0.15) is 0 Å². The molecular weight excluding hydrogens is 270 g/mol. The molecule has 5 heteroatoms. The third kappa shape index (κ3) is 6.04. The van der Waals surface area contributed by atoms with E-state index in [0.29, 0.717) is 12.5 Å². The Balaban J connectivity index is 2.51. The van der Waals surface area contributed by atoms with Gasteiger partial charge in [0.05, 0.1) is 13.2 Å². The summed E-state index contributed by atoms with van der Waals surface area (Å²) in [6.45, 7) is 6.03. The van der Waals surface area contributed by atoms with Gasteiger partial charge in [-0.15, -0.1) is 0 Å². The van der Waals surface area contributed by atoms with Gasteiger partial charge >= 0.3 is 5.97 Å². The van der Waals surface area contributed by atoms with Crippen LogP contribution in [0, 0.1) is 11.8 Å². The van der Waals surface area contributed by atoms with Crippen molar-refractivity contribution in [1.82, 2.24) is 5.32 Å². The largest absolute Gasteiger partial charge is 0.467 e. The summed E-state index contributed by atoms with van der Waals surface area (Å²) in [5, 5.41) is 2.72. The van der Waals surface area contributed by atoms with E-state index in [0.717, 1.165) is 0 Å². The van der Waals surface area contributed by atoms with Gasteiger partial charge in [-0.1, -0.05) is 33.1 Å². The number of amides is 1. The molecule has 122 valence electrons. The van der Waals surface area contributed by atoms with Crippen LogP contribution in [0.2, 0.25) is 0 Å². The molecule has 1 aliphatic rings. The molecule has 1 aliphatic carbocycles. The minimum atomic E-state index is -0.742. The van der Waals surface area contributed by atoms with Crippen molar-refractivity contribution in [2.24, 2.45) is 11.8 Å². The molecule has 1 amide bonds. The molecule has 2 unspecified atom stereocenters. The molecule has 1 fully saturated rings. The summed E-state index contributed by atoms with van der Waals surface area (Å²) in [6.07, 6.45) is 5.81. The fourth-order valence-corrected chi connectivity index (χ4v) is 2.55. The van der Waals surface area contributed by atoms with Crippen LogP contribution in [-0.2, 0) is 19.1 Å². The van der Waals surface area contributed by atoms with Crippen LogP contribution < -0.4 is 5.32 Å². The topological polar surface area (TPSA) is 64.6 Å². The van der Waals surface area contributed by atoms with Crippen molar-refractivity contribution in [3.05, 3.63) is 0 Å². The van der Waals surface area contributed by atoms with Gasteiger partial charge in [0.15, 0.2) is 6.04 Å². The van der Waals surface area contributed by atoms with Crippen LogP contribution in [0.4, 0.5) is 0 Å². The van der Waals surface area contributed by atoms with Gasteiger partial charge in [0.25, 0.3) is 0 Å². The maximum atomic E-state index is 11.8. The molecule has 0 aromatic rings. The smallest absolute Gasteiger partial charge is 0.331 e. The number of rotatable bonds is 7. The molecule has 1 N–H and O–H groups in total. The average molecular weight is 299 g/mol. The number of carbonyl (C=O) groups is 2. The molecule has 0 aromatic carbocycles. The molecule has 0 radical (unpaired) electrons. The molecule has 0 saturated heterocycles. The Bertz CT molecular complexity index is 337. The molecule has 0 aliphatic heterocycles. The summed E-state index contributed by atoms with van der Waals surface area (Å²) in [5.41, 5.74) is 0. The average Bonchev–Trinajstić information content (AvgIpc) is 2.50. The highest BCUT2D eigenvalue weighted by Crippen LogP contribution is 2.24. The molecule has 0 aromatic heterocycles. The number of carbonyl (C=O) groups excluding carboxylic acids is 2. The highest BCUT2D eigenvalue weighted by atomic mass is 16.5. The Morgan fingerprint density at radius 3 is 2.29 bits per heavy atom. The molecule has 1 saturated carbocycles. The van der Waals surface area contributed by atoms with Crippen molar-refractivity contribution in [1.29, 1.82) is 0 Å². The summed E-state index contributed by atoms with van der Waals surface area (Å²) in [5.74, 6) is -0.235. The van der Waals surface area contributed by atoms with E-state index in [2.05, 4.69) is 5.32 Å². The van der Waals surface area contributed by atoms with E-state index >= 15 is 0 Å². The lowest BCUT2D eigenvalue weighted by Crippen LogP contribution is -2.50. The van der Waals surface area contributed by atoms with Crippen molar-refractivity contribution < 1.29 is 19.1 Å². The fourth-order valence-electron chi connectivity index (χ4n) is 2.55. The Labute approximate surface area is 127 Å². The summed E-state index contributed by atoms with van der Waals surface area (Å²) < 4.78 is 10.6. The van der Waals surface area contributed by atoms with E-state index in [1.54, 1.807) is 13.8 Å². The Morgan fingerprint density at radius 2 is 1.76 bits per heavy atom. The van der Waals surface area contributed by atoms with E-state index in [-0.39, 0.29) is 17.9 Å². The first-order valence-corrected chi connectivity index (χ1v) is 7.95. The van der Waals surface area contributed by atoms with E-state index in [4.69, 9.17) is 9.47 Å². The minimum absolute atomic E-state index is 0.168. The SMILES string of the molecule is COC(=O)C(NC(=O)C(C)C)C(C)OCC1CCCCC1. The third-order valence-electron chi connectivity index (χ3n) is 4.07. The van der Waals surface area contributed by atoms with Gasteiger partial charge in [-0.3, -0.25) is 4.79 Å². The zero-order chi connectivity index (χ0) is 15.8. The van der Waals surface area contributed by atoms with E-state index in [9.17, 15) is 9.59 Å². The van der Waals surface area contributed by atoms with Crippen LogP contribution >= 0.6 is 0 Å². The summed E-state index contributed by atoms with van der Waals surface area (Å²) in [4.78, 5) is 23.7. The number of hydrogen-bond acceptors (Lipinski definition) is 4. The number of nitrogens with one attached hydrogen (secondary N) is 1. The molecule has 1 rings (SSSR count). The monoisotopic (exact) mass is 299 g/mol. The van der Waals surface area contributed by atoms with Crippen molar-refractivity contribution >= 4 is 11.9 Å². The highest BCUT2D eigenvalue weighted by Gasteiger charge is 2.30. The lowest BCUT2D eigenvalue weighted by atomic mass is 9.90. The van der Waals surface area contributed by atoms with E-state index in [1.165, 1.54) is 39.2 Å². The van der Waals surface area contributed by atoms with Gasteiger partial charge < -0.3 is 14.8 Å². The van der Waals surface area contributed by atoms with Crippen molar-refractivity contribution in [3.63, 3.8) is 0 Å². The number of ether oxygens (including phenoxy) is 2. The second-order valence-electron chi connectivity index (χ2n) is 6.21. The first-order valence-electron chi connectivity index (χ1n) is 7.95. The van der Waals surface area contributed by atoms with Gasteiger partial charge in [-0.05, 0) is 25.7 Å². The first kappa shape index (κ1) is 18.0. The quantitative estimate of drug-likeness (QED) is 0.733. The number of hydrogen-bond donors (Lipinski definition) is 1. The van der Waals surface area contributed by atoms with E-state index in [1.807, 2.05) is 6.92 Å². The third-order valence-corrected chi connectivity index (χ3v) is 4.07. The molecule has 0 bridgehead atoms. The zero-order valence-corrected chi connectivity index (χ0v) is 13.7. The molecule has 0 heterocycles. The Morgan fingerprint density at radius 1 is 1.14 bits per heavy atom. The van der Waals surface area contributed by atoms with Crippen LogP contribution in [0.1, 0.15) is 52.9 Å². The lowest BCUT2D eigenvalue weighted by molar-refractivity contribution is -0.150. The van der Waals surface area contributed by atoms with Crippen molar-refractivity contribution in [2.45, 2.75) is 65.0 Å². The van der Waals surface area contributed by atoms with E-state index < -0.39 is 12.0 Å².